The molecule has 3 nitrogen and oxygen atoms in total. The van der Waals surface area contributed by atoms with Crippen LogP contribution in [-0.4, -0.2) is 10.2 Å². The summed E-state index contributed by atoms with van der Waals surface area (Å²) in [5.74, 6) is 0.452. The highest BCUT2D eigenvalue weighted by molar-refractivity contribution is 9.11. The predicted molar refractivity (Wildman–Crippen MR) is 84.5 cm³/mol. The topological polar surface area (TPSA) is 54.7 Å². The van der Waals surface area contributed by atoms with E-state index in [-0.39, 0.29) is 0 Å². The first kappa shape index (κ1) is 12.7. The third kappa shape index (κ3) is 2.29. The Hall–Kier alpha value is -1.30. The quantitative estimate of drug-likeness (QED) is 0.694. The average Bonchev–Trinajstić information content (AvgIpc) is 2.96. The summed E-state index contributed by atoms with van der Waals surface area (Å²) in [5.41, 5.74) is 8.60. The van der Waals surface area contributed by atoms with Crippen LogP contribution in [0.15, 0.2) is 40.2 Å². The fraction of sp³-hybridized carbons (Fsp3) is 0. The highest BCUT2D eigenvalue weighted by Crippen LogP contribution is 2.41. The van der Waals surface area contributed by atoms with Crippen molar-refractivity contribution >= 4 is 44.7 Å². The number of nitrogens with zero attached hydrogens (tertiary/aromatic N) is 1. The molecule has 0 fully saturated rings. The van der Waals surface area contributed by atoms with E-state index in [4.69, 9.17) is 17.3 Å². The number of H-pyrrole nitrogens is 1. The minimum absolute atomic E-state index is 0.452. The minimum Gasteiger partial charge on any atom is -0.382 e. The fourth-order valence-corrected chi connectivity index (χ4v) is 3.54. The molecule has 0 amide bonds. The van der Waals surface area contributed by atoms with Gasteiger partial charge >= 0.3 is 0 Å². The highest BCUT2D eigenvalue weighted by atomic mass is 79.9. The monoisotopic (exact) mass is 353 g/mol. The van der Waals surface area contributed by atoms with Gasteiger partial charge in [0.05, 0.1) is 19.9 Å². The number of halogens is 2. The van der Waals surface area contributed by atoms with E-state index in [1.807, 2.05) is 36.4 Å². The van der Waals surface area contributed by atoms with Crippen molar-refractivity contribution in [3.05, 3.63) is 45.2 Å². The molecule has 3 rings (SSSR count). The summed E-state index contributed by atoms with van der Waals surface area (Å²) in [4.78, 5) is 1.06. The molecule has 3 aromatic rings. The molecule has 0 aliphatic heterocycles. The van der Waals surface area contributed by atoms with Gasteiger partial charge in [0.15, 0.2) is 5.82 Å². The molecule has 0 radical (unpaired) electrons. The predicted octanol–water partition coefficient (Wildman–Crippen LogP) is 4.80. The van der Waals surface area contributed by atoms with Crippen LogP contribution in [0.1, 0.15) is 0 Å². The molecule has 1 aromatic carbocycles. The molecule has 3 N–H and O–H groups in total. The van der Waals surface area contributed by atoms with Crippen molar-refractivity contribution in [3.8, 4) is 21.7 Å². The molecule has 0 aliphatic carbocycles. The Bertz CT molecular complexity index is 735. The van der Waals surface area contributed by atoms with Crippen molar-refractivity contribution in [2.24, 2.45) is 0 Å². The smallest absolute Gasteiger partial charge is 0.153 e. The van der Waals surface area contributed by atoms with Gasteiger partial charge in [-0.3, -0.25) is 5.10 Å². The van der Waals surface area contributed by atoms with Crippen molar-refractivity contribution < 1.29 is 0 Å². The molecular weight excluding hydrogens is 346 g/mol. The molecule has 0 unspecified atom stereocenters. The van der Waals surface area contributed by atoms with E-state index in [0.717, 1.165) is 25.5 Å². The van der Waals surface area contributed by atoms with Crippen LogP contribution in [0.2, 0.25) is 5.02 Å². The van der Waals surface area contributed by atoms with Gasteiger partial charge in [0.2, 0.25) is 0 Å². The third-order valence-corrected chi connectivity index (χ3v) is 4.73. The molecule has 2 heterocycles. The molecule has 2 aromatic heterocycles. The molecule has 6 heteroatoms. The van der Waals surface area contributed by atoms with Gasteiger partial charge in [0.25, 0.3) is 0 Å². The zero-order chi connectivity index (χ0) is 13.4. The second-order valence-corrected chi connectivity index (χ2v) is 6.81. The normalized spacial score (nSPS) is 10.8. The first-order valence-electron chi connectivity index (χ1n) is 5.51. The van der Waals surface area contributed by atoms with Crippen LogP contribution in [0.3, 0.4) is 0 Å². The highest BCUT2D eigenvalue weighted by Gasteiger charge is 2.17. The Morgan fingerprint density at radius 1 is 1.21 bits per heavy atom. The summed E-state index contributed by atoms with van der Waals surface area (Å²) >= 11 is 11.3. The molecular formula is C13H9BrClN3S. The average molecular weight is 355 g/mol. The van der Waals surface area contributed by atoms with Gasteiger partial charge in [-0.1, -0.05) is 29.8 Å². The zero-order valence-corrected chi connectivity index (χ0v) is 12.8. The van der Waals surface area contributed by atoms with Crippen LogP contribution >= 0.6 is 38.9 Å². The van der Waals surface area contributed by atoms with Gasteiger partial charge in [-0.2, -0.15) is 5.10 Å². The van der Waals surface area contributed by atoms with Gasteiger partial charge in [-0.25, -0.2) is 0 Å². The van der Waals surface area contributed by atoms with E-state index < -0.39 is 0 Å². The van der Waals surface area contributed by atoms with Crippen LogP contribution in [0.4, 0.5) is 5.82 Å². The van der Waals surface area contributed by atoms with Crippen molar-refractivity contribution in [2.45, 2.75) is 0 Å². The molecule has 0 spiro atoms. The number of aromatic amines is 1. The van der Waals surface area contributed by atoms with Gasteiger partial charge in [-0.05, 0) is 34.1 Å². The molecule has 0 atom stereocenters. The van der Waals surface area contributed by atoms with E-state index in [2.05, 4.69) is 26.1 Å². The fourth-order valence-electron chi connectivity index (χ4n) is 1.92. The van der Waals surface area contributed by atoms with Crippen molar-refractivity contribution in [3.63, 3.8) is 0 Å². The van der Waals surface area contributed by atoms with Gasteiger partial charge in [-0.15, -0.1) is 11.3 Å². The molecule has 0 aliphatic rings. The summed E-state index contributed by atoms with van der Waals surface area (Å²) in [6.07, 6.45) is 0. The summed E-state index contributed by atoms with van der Waals surface area (Å²) < 4.78 is 1.06. The second kappa shape index (κ2) is 5.00. The number of benzene rings is 1. The Morgan fingerprint density at radius 2 is 2.00 bits per heavy atom. The third-order valence-electron chi connectivity index (χ3n) is 2.76. The van der Waals surface area contributed by atoms with E-state index in [1.54, 1.807) is 11.3 Å². The molecule has 96 valence electrons. The number of hydrogen-bond acceptors (Lipinski definition) is 3. The molecule has 0 saturated carbocycles. The number of nitrogens with one attached hydrogen (secondary N) is 1. The summed E-state index contributed by atoms with van der Waals surface area (Å²) in [5, 5.41) is 7.75. The molecule has 0 bridgehead atoms. The maximum atomic E-state index is 6.25. The number of anilines is 1. The van der Waals surface area contributed by atoms with E-state index >= 15 is 0 Å². The Kier molecular flexibility index (Phi) is 3.35. The maximum Gasteiger partial charge on any atom is 0.153 e. The van der Waals surface area contributed by atoms with Gasteiger partial charge in [0, 0.05) is 10.6 Å². The van der Waals surface area contributed by atoms with Crippen molar-refractivity contribution in [1.29, 1.82) is 0 Å². The summed E-state index contributed by atoms with van der Waals surface area (Å²) in [6, 6.07) is 11.6. The van der Waals surface area contributed by atoms with Crippen LogP contribution in [0, 0.1) is 0 Å². The summed E-state index contributed by atoms with van der Waals surface area (Å²) in [7, 11) is 0. The number of nitrogens with two attached hydrogens (primary N) is 1. The lowest BCUT2D eigenvalue weighted by molar-refractivity contribution is 1.11. The standard InChI is InChI=1S/C13H9BrClN3S/c14-10-6-5-9(19-10)12-11(13(16)18-17-12)7-3-1-2-4-8(7)15/h1-6H,(H3,16,17,18). The second-order valence-electron chi connectivity index (χ2n) is 3.94. The van der Waals surface area contributed by atoms with Crippen LogP contribution in [-0.2, 0) is 0 Å². The minimum atomic E-state index is 0.452. The van der Waals surface area contributed by atoms with Crippen LogP contribution in [0.5, 0.6) is 0 Å². The van der Waals surface area contributed by atoms with Crippen LogP contribution in [0.25, 0.3) is 21.7 Å². The van der Waals surface area contributed by atoms with E-state index in [0.29, 0.717) is 10.8 Å². The number of nitrogen functional groups attached to an aromatic ring is 1. The lowest BCUT2D eigenvalue weighted by atomic mass is 10.0. The number of thiophene rings is 1. The lowest BCUT2D eigenvalue weighted by Crippen LogP contribution is -1.89. The Morgan fingerprint density at radius 3 is 2.68 bits per heavy atom. The largest absolute Gasteiger partial charge is 0.382 e. The van der Waals surface area contributed by atoms with Gasteiger partial charge < -0.3 is 5.73 Å². The van der Waals surface area contributed by atoms with Crippen molar-refractivity contribution in [1.82, 2.24) is 10.2 Å². The SMILES string of the molecule is Nc1n[nH]c(-c2ccc(Br)s2)c1-c1ccccc1Cl. The van der Waals surface area contributed by atoms with E-state index in [1.165, 1.54) is 0 Å². The number of aromatic nitrogens is 2. The maximum absolute atomic E-state index is 6.25. The Balaban J connectivity index is 2.22. The number of rotatable bonds is 2. The Labute approximate surface area is 127 Å². The lowest BCUT2D eigenvalue weighted by Gasteiger charge is -2.05. The summed E-state index contributed by atoms with van der Waals surface area (Å²) in [6.45, 7) is 0. The van der Waals surface area contributed by atoms with Crippen LogP contribution < -0.4 is 5.73 Å². The van der Waals surface area contributed by atoms with Gasteiger partial charge in [0.1, 0.15) is 0 Å². The van der Waals surface area contributed by atoms with Crippen molar-refractivity contribution in [2.75, 3.05) is 5.73 Å². The first-order valence-corrected chi connectivity index (χ1v) is 7.50. The molecule has 0 saturated heterocycles. The first-order chi connectivity index (χ1) is 9.16. The van der Waals surface area contributed by atoms with E-state index in [9.17, 15) is 0 Å². The zero-order valence-electron chi connectivity index (χ0n) is 9.65. The molecule has 19 heavy (non-hydrogen) atoms. The number of hydrogen-bond donors (Lipinski definition) is 2.